The van der Waals surface area contributed by atoms with E-state index in [4.69, 9.17) is 5.26 Å². The van der Waals surface area contributed by atoms with Crippen LogP contribution in [0.25, 0.3) is 27.6 Å². The van der Waals surface area contributed by atoms with Gasteiger partial charge in [-0.25, -0.2) is 0 Å². The number of nitrogens with zero attached hydrogens (tertiary/aromatic N) is 3. The van der Waals surface area contributed by atoms with Gasteiger partial charge in [0, 0.05) is 24.2 Å². The summed E-state index contributed by atoms with van der Waals surface area (Å²) in [5.41, 5.74) is 4.22. The van der Waals surface area contributed by atoms with Crippen LogP contribution in [0.15, 0.2) is 65.5 Å². The molecule has 4 aromatic rings. The zero-order chi connectivity index (χ0) is 18.0. The molecule has 0 bridgehead atoms. The summed E-state index contributed by atoms with van der Waals surface area (Å²) in [5, 5.41) is 9.98. The molecule has 4 rings (SSSR count). The van der Waals surface area contributed by atoms with E-state index in [1.165, 1.54) is 0 Å². The summed E-state index contributed by atoms with van der Waals surface area (Å²) >= 11 is 0. The van der Waals surface area contributed by atoms with Gasteiger partial charge >= 0.3 is 0 Å². The van der Waals surface area contributed by atoms with Gasteiger partial charge in [-0.05, 0) is 36.4 Å². The van der Waals surface area contributed by atoms with Crippen molar-refractivity contribution < 1.29 is 0 Å². The molecule has 25 heavy (non-hydrogen) atoms. The molecule has 0 amide bonds. The molecule has 0 aliphatic carbocycles. The summed E-state index contributed by atoms with van der Waals surface area (Å²) in [6, 6.07) is 20.6. The minimum atomic E-state index is -0.0847. The third kappa shape index (κ3) is 2.60. The lowest BCUT2D eigenvalue weighted by atomic mass is 10.2. The highest BCUT2D eigenvalue weighted by Gasteiger charge is 2.13. The first-order valence-electron chi connectivity index (χ1n) is 8.30. The standard InChI is InChI=1S/C19H13N3O.C2H6/c1-21-16-5-3-2-4-15(16)19-17(21)10-11-18(23)22(19)14-8-6-13(12-20)7-9-14;1-2/h2-11H,1H3;1-2H3. The van der Waals surface area contributed by atoms with Crippen LogP contribution in [-0.4, -0.2) is 9.13 Å². The highest BCUT2D eigenvalue weighted by Crippen LogP contribution is 2.28. The van der Waals surface area contributed by atoms with E-state index in [0.29, 0.717) is 5.56 Å². The monoisotopic (exact) mass is 329 g/mol. The van der Waals surface area contributed by atoms with Crippen LogP contribution in [0.4, 0.5) is 0 Å². The molecule has 0 saturated heterocycles. The zero-order valence-corrected chi connectivity index (χ0v) is 14.5. The fourth-order valence-corrected chi connectivity index (χ4v) is 3.10. The zero-order valence-electron chi connectivity index (χ0n) is 14.5. The van der Waals surface area contributed by atoms with Crippen LogP contribution in [0.5, 0.6) is 0 Å². The predicted octanol–water partition coefficient (Wildman–Crippen LogP) is 4.38. The second kappa shape index (κ2) is 6.66. The van der Waals surface area contributed by atoms with Crippen LogP contribution in [0.2, 0.25) is 0 Å². The van der Waals surface area contributed by atoms with Gasteiger partial charge in [0.1, 0.15) is 0 Å². The number of aromatic nitrogens is 2. The minimum Gasteiger partial charge on any atom is -0.342 e. The molecule has 0 spiro atoms. The lowest BCUT2D eigenvalue weighted by Gasteiger charge is -2.08. The molecule has 0 saturated carbocycles. The number of rotatable bonds is 1. The molecule has 124 valence electrons. The lowest BCUT2D eigenvalue weighted by Crippen LogP contribution is -2.17. The molecule has 2 aromatic carbocycles. The molecule has 0 radical (unpaired) electrons. The first kappa shape index (κ1) is 16.5. The highest BCUT2D eigenvalue weighted by molar-refractivity contribution is 6.06. The molecule has 0 aliphatic heterocycles. The van der Waals surface area contributed by atoms with Crippen LogP contribution in [-0.2, 0) is 7.05 Å². The van der Waals surface area contributed by atoms with Crippen molar-refractivity contribution in [1.29, 1.82) is 5.26 Å². The quantitative estimate of drug-likeness (QED) is 0.520. The van der Waals surface area contributed by atoms with Crippen LogP contribution < -0.4 is 5.56 Å². The number of nitriles is 1. The van der Waals surface area contributed by atoms with Crippen molar-refractivity contribution in [2.45, 2.75) is 13.8 Å². The van der Waals surface area contributed by atoms with Crippen molar-refractivity contribution in [1.82, 2.24) is 9.13 Å². The average molecular weight is 329 g/mol. The van der Waals surface area contributed by atoms with Crippen molar-refractivity contribution in [3.63, 3.8) is 0 Å². The highest BCUT2D eigenvalue weighted by atomic mass is 16.1. The number of hydrogen-bond acceptors (Lipinski definition) is 2. The SMILES string of the molecule is CC.Cn1c2ccccc2c2c1ccc(=O)n2-c1ccc(C#N)cc1. The van der Waals surface area contributed by atoms with Gasteiger partial charge in [-0.3, -0.25) is 9.36 Å². The molecule has 4 nitrogen and oxygen atoms in total. The molecule has 0 aliphatic rings. The molecule has 0 atom stereocenters. The molecule has 4 heteroatoms. The van der Waals surface area contributed by atoms with Crippen LogP contribution in [0.1, 0.15) is 19.4 Å². The van der Waals surface area contributed by atoms with Gasteiger partial charge < -0.3 is 4.57 Å². The molecule has 2 heterocycles. The van der Waals surface area contributed by atoms with Crippen molar-refractivity contribution in [3.8, 4) is 11.8 Å². The fraction of sp³-hybridized carbons (Fsp3) is 0.143. The smallest absolute Gasteiger partial charge is 0.255 e. The minimum absolute atomic E-state index is 0.0847. The molecule has 0 N–H and O–H groups in total. The average Bonchev–Trinajstić information content (AvgIpc) is 2.96. The Morgan fingerprint density at radius 3 is 2.24 bits per heavy atom. The van der Waals surface area contributed by atoms with Crippen LogP contribution in [0.3, 0.4) is 0 Å². The van der Waals surface area contributed by atoms with Crippen molar-refractivity contribution in [2.75, 3.05) is 0 Å². The van der Waals surface area contributed by atoms with E-state index in [0.717, 1.165) is 27.6 Å². The first-order valence-corrected chi connectivity index (χ1v) is 8.30. The Morgan fingerprint density at radius 1 is 0.880 bits per heavy atom. The van der Waals surface area contributed by atoms with E-state index in [1.54, 1.807) is 34.9 Å². The van der Waals surface area contributed by atoms with E-state index in [-0.39, 0.29) is 5.56 Å². The van der Waals surface area contributed by atoms with Crippen molar-refractivity contribution in [2.24, 2.45) is 7.05 Å². The summed E-state index contributed by atoms with van der Waals surface area (Å²) in [6.07, 6.45) is 0. The summed E-state index contributed by atoms with van der Waals surface area (Å²) in [5.74, 6) is 0. The maximum atomic E-state index is 12.5. The molecule has 0 fully saturated rings. The Bertz CT molecular complexity index is 1140. The van der Waals surface area contributed by atoms with Gasteiger partial charge in [0.15, 0.2) is 0 Å². The van der Waals surface area contributed by atoms with Gasteiger partial charge in [0.05, 0.1) is 28.2 Å². The largest absolute Gasteiger partial charge is 0.342 e. The Hall–Kier alpha value is -3.32. The Labute approximate surface area is 146 Å². The van der Waals surface area contributed by atoms with E-state index >= 15 is 0 Å². The predicted molar refractivity (Wildman–Crippen MR) is 102 cm³/mol. The van der Waals surface area contributed by atoms with E-state index in [2.05, 4.69) is 10.6 Å². The summed E-state index contributed by atoms with van der Waals surface area (Å²) in [4.78, 5) is 12.5. The molecule has 2 aromatic heterocycles. The van der Waals surface area contributed by atoms with Gasteiger partial charge in [-0.2, -0.15) is 5.26 Å². The van der Waals surface area contributed by atoms with Gasteiger partial charge in [0.25, 0.3) is 5.56 Å². The second-order valence-electron chi connectivity index (χ2n) is 5.48. The Morgan fingerprint density at radius 2 is 1.56 bits per heavy atom. The number of fused-ring (bicyclic) bond motifs is 3. The number of para-hydroxylation sites is 1. The second-order valence-corrected chi connectivity index (χ2v) is 5.48. The van der Waals surface area contributed by atoms with E-state index < -0.39 is 0 Å². The number of benzene rings is 2. The van der Waals surface area contributed by atoms with Crippen LogP contribution >= 0.6 is 0 Å². The van der Waals surface area contributed by atoms with Crippen molar-refractivity contribution in [3.05, 3.63) is 76.6 Å². The normalized spacial score (nSPS) is 10.3. The topological polar surface area (TPSA) is 50.7 Å². The van der Waals surface area contributed by atoms with E-state index in [1.807, 2.05) is 51.2 Å². The maximum Gasteiger partial charge on any atom is 0.255 e. The van der Waals surface area contributed by atoms with Gasteiger partial charge in [-0.1, -0.05) is 32.0 Å². The van der Waals surface area contributed by atoms with Crippen molar-refractivity contribution >= 4 is 21.9 Å². The summed E-state index contributed by atoms with van der Waals surface area (Å²) in [7, 11) is 2.00. The lowest BCUT2D eigenvalue weighted by molar-refractivity contribution is 0.994. The van der Waals surface area contributed by atoms with Gasteiger partial charge in [0.2, 0.25) is 0 Å². The number of pyridine rings is 1. The first-order chi connectivity index (χ1) is 12.2. The van der Waals surface area contributed by atoms with Gasteiger partial charge in [-0.15, -0.1) is 0 Å². The third-order valence-electron chi connectivity index (χ3n) is 4.21. The third-order valence-corrected chi connectivity index (χ3v) is 4.21. The number of aryl methyl sites for hydroxylation is 1. The van der Waals surface area contributed by atoms with E-state index in [9.17, 15) is 4.79 Å². The number of hydrogen-bond donors (Lipinski definition) is 0. The Balaban J connectivity index is 0.000000880. The van der Waals surface area contributed by atoms with Crippen LogP contribution in [0, 0.1) is 11.3 Å². The maximum absolute atomic E-state index is 12.5. The molecule has 0 unspecified atom stereocenters. The summed E-state index contributed by atoms with van der Waals surface area (Å²) in [6.45, 7) is 4.00. The fourth-order valence-electron chi connectivity index (χ4n) is 3.10. The Kier molecular flexibility index (Phi) is 4.40. The molecular weight excluding hydrogens is 310 g/mol. The summed E-state index contributed by atoms with van der Waals surface area (Å²) < 4.78 is 3.79. The molecular formula is C21H19N3O.